The van der Waals surface area contributed by atoms with Gasteiger partial charge in [-0.3, -0.25) is 9.59 Å². The third kappa shape index (κ3) is 4.29. The van der Waals surface area contributed by atoms with Gasteiger partial charge in [0, 0.05) is 41.2 Å². The quantitative estimate of drug-likeness (QED) is 0.719. The fourth-order valence-electron chi connectivity index (χ4n) is 4.19. The normalized spacial score (nSPS) is 18.1. The predicted molar refractivity (Wildman–Crippen MR) is 116 cm³/mol. The number of hydrogen-bond donors (Lipinski definition) is 1. The van der Waals surface area contributed by atoms with E-state index < -0.39 is 0 Å². The number of carbonyl (C=O) groups excluding carboxylic acids is 2. The molecule has 0 spiro atoms. The summed E-state index contributed by atoms with van der Waals surface area (Å²) < 4.78 is 6.03. The zero-order chi connectivity index (χ0) is 21.1. The van der Waals surface area contributed by atoms with Gasteiger partial charge < -0.3 is 9.32 Å². The average Bonchev–Trinajstić information content (AvgIpc) is 2.93. The molecular weight excluding hydrogens is 402 g/mol. The van der Waals surface area contributed by atoms with Gasteiger partial charge in [-0.15, -0.1) is 0 Å². The SMILES string of the molecule is Cc1c(C(=O)N2CCCCCC2)oc2c1/C(=N/NC(=O)c1ccc(Cl)cc1)CCC2. The molecule has 2 aromatic rings. The molecule has 30 heavy (non-hydrogen) atoms. The lowest BCUT2D eigenvalue weighted by Crippen LogP contribution is -2.32. The van der Waals surface area contributed by atoms with Crippen molar-refractivity contribution < 1.29 is 14.0 Å². The maximum Gasteiger partial charge on any atom is 0.289 e. The first-order valence-corrected chi connectivity index (χ1v) is 11.0. The first kappa shape index (κ1) is 20.7. The van der Waals surface area contributed by atoms with E-state index >= 15 is 0 Å². The van der Waals surface area contributed by atoms with E-state index in [1.165, 1.54) is 12.8 Å². The van der Waals surface area contributed by atoms with Gasteiger partial charge in [0.25, 0.3) is 11.8 Å². The summed E-state index contributed by atoms with van der Waals surface area (Å²) in [5.41, 5.74) is 5.57. The minimum Gasteiger partial charge on any atom is -0.455 e. The lowest BCUT2D eigenvalue weighted by molar-refractivity contribution is 0.0726. The number of halogens is 1. The summed E-state index contributed by atoms with van der Waals surface area (Å²) >= 11 is 5.88. The van der Waals surface area contributed by atoms with Crippen LogP contribution in [0.1, 0.15) is 76.3 Å². The minimum atomic E-state index is -0.298. The van der Waals surface area contributed by atoms with Crippen LogP contribution in [0.3, 0.4) is 0 Å². The number of benzene rings is 1. The van der Waals surface area contributed by atoms with E-state index in [4.69, 9.17) is 16.0 Å². The van der Waals surface area contributed by atoms with Crippen LogP contribution in [-0.4, -0.2) is 35.5 Å². The van der Waals surface area contributed by atoms with Crippen LogP contribution in [-0.2, 0) is 6.42 Å². The summed E-state index contributed by atoms with van der Waals surface area (Å²) in [6.45, 7) is 3.47. The molecule has 0 atom stereocenters. The Morgan fingerprint density at radius 3 is 2.43 bits per heavy atom. The van der Waals surface area contributed by atoms with Gasteiger partial charge in [-0.05, 0) is 56.9 Å². The van der Waals surface area contributed by atoms with Gasteiger partial charge >= 0.3 is 0 Å². The Kier molecular flexibility index (Phi) is 6.23. The Hall–Kier alpha value is -2.60. The summed E-state index contributed by atoms with van der Waals surface area (Å²) in [5.74, 6) is 0.874. The molecule has 0 unspecified atom stereocenters. The van der Waals surface area contributed by atoms with E-state index in [9.17, 15) is 9.59 Å². The molecule has 1 saturated heterocycles. The van der Waals surface area contributed by atoms with Gasteiger partial charge in [0.15, 0.2) is 5.76 Å². The summed E-state index contributed by atoms with van der Waals surface area (Å²) in [6, 6.07) is 6.66. The molecular formula is C23H26ClN3O3. The standard InChI is InChI=1S/C23H26ClN3O3/c1-15-20-18(25-26-22(28)16-9-11-17(24)12-10-16)7-6-8-19(20)30-21(15)23(29)27-13-4-2-3-5-14-27/h9-12H,2-8,13-14H2,1H3,(H,26,28)/b25-18+. The monoisotopic (exact) mass is 427 g/mol. The topological polar surface area (TPSA) is 74.9 Å². The second-order valence-corrected chi connectivity index (χ2v) is 8.36. The first-order chi connectivity index (χ1) is 14.5. The molecule has 0 bridgehead atoms. The highest BCUT2D eigenvalue weighted by Gasteiger charge is 2.30. The van der Waals surface area contributed by atoms with Crippen LogP contribution in [0.5, 0.6) is 0 Å². The Labute approximate surface area is 181 Å². The largest absolute Gasteiger partial charge is 0.455 e. The number of rotatable bonds is 3. The number of nitrogens with zero attached hydrogens (tertiary/aromatic N) is 2. The number of likely N-dealkylation sites (tertiary alicyclic amines) is 1. The van der Waals surface area contributed by atoms with Crippen molar-refractivity contribution in [3.63, 3.8) is 0 Å². The van der Waals surface area contributed by atoms with Crippen LogP contribution in [0.25, 0.3) is 0 Å². The minimum absolute atomic E-state index is 0.0339. The smallest absolute Gasteiger partial charge is 0.289 e. The Balaban J connectivity index is 1.56. The number of hydrogen-bond acceptors (Lipinski definition) is 4. The molecule has 7 heteroatoms. The number of furan rings is 1. The molecule has 1 aromatic heterocycles. The molecule has 1 N–H and O–H groups in total. The summed E-state index contributed by atoms with van der Waals surface area (Å²) in [7, 11) is 0. The van der Waals surface area contributed by atoms with Gasteiger partial charge in [-0.2, -0.15) is 5.10 Å². The number of fused-ring (bicyclic) bond motifs is 1. The van der Waals surface area contributed by atoms with E-state index in [1.54, 1.807) is 24.3 Å². The Morgan fingerprint density at radius 2 is 1.73 bits per heavy atom. The molecule has 6 nitrogen and oxygen atoms in total. The fraction of sp³-hybridized carbons (Fsp3) is 0.435. The number of carbonyl (C=O) groups is 2. The van der Waals surface area contributed by atoms with Gasteiger partial charge in [0.05, 0.1) is 5.71 Å². The van der Waals surface area contributed by atoms with Crippen molar-refractivity contribution in [3.05, 3.63) is 57.5 Å². The van der Waals surface area contributed by atoms with Gasteiger partial charge in [0.1, 0.15) is 5.76 Å². The first-order valence-electron chi connectivity index (χ1n) is 10.6. The summed E-state index contributed by atoms with van der Waals surface area (Å²) in [6.07, 6.45) is 6.78. The molecule has 1 aliphatic carbocycles. The van der Waals surface area contributed by atoms with Crippen molar-refractivity contribution >= 4 is 29.1 Å². The lowest BCUT2D eigenvalue weighted by Gasteiger charge is -2.19. The maximum atomic E-state index is 13.1. The molecule has 0 saturated carbocycles. The zero-order valence-corrected chi connectivity index (χ0v) is 17.9. The van der Waals surface area contributed by atoms with Crippen LogP contribution in [0.15, 0.2) is 33.8 Å². The Bertz CT molecular complexity index is 970. The second-order valence-electron chi connectivity index (χ2n) is 7.92. The van der Waals surface area contributed by atoms with Crippen LogP contribution in [0.2, 0.25) is 5.02 Å². The highest BCUT2D eigenvalue weighted by molar-refractivity contribution is 6.30. The van der Waals surface area contributed by atoms with Gasteiger partial charge in [0.2, 0.25) is 0 Å². The van der Waals surface area contributed by atoms with Crippen LogP contribution in [0, 0.1) is 6.92 Å². The fourth-order valence-corrected chi connectivity index (χ4v) is 4.31. The molecule has 4 rings (SSSR count). The molecule has 1 aliphatic heterocycles. The van der Waals surface area contributed by atoms with Gasteiger partial charge in [-0.25, -0.2) is 5.43 Å². The molecule has 0 radical (unpaired) electrons. The average molecular weight is 428 g/mol. The van der Waals surface area contributed by atoms with Gasteiger partial charge in [-0.1, -0.05) is 24.4 Å². The molecule has 1 fully saturated rings. The van der Waals surface area contributed by atoms with Crippen molar-refractivity contribution in [1.82, 2.24) is 10.3 Å². The predicted octanol–water partition coefficient (Wildman–Crippen LogP) is 4.73. The van der Waals surface area contributed by atoms with Crippen LogP contribution in [0.4, 0.5) is 0 Å². The van der Waals surface area contributed by atoms with Crippen LogP contribution < -0.4 is 5.43 Å². The molecule has 2 aliphatic rings. The number of nitrogens with one attached hydrogen (secondary N) is 1. The maximum absolute atomic E-state index is 13.1. The molecule has 2 amide bonds. The highest BCUT2D eigenvalue weighted by atomic mass is 35.5. The third-order valence-electron chi connectivity index (χ3n) is 5.81. The number of amides is 2. The highest BCUT2D eigenvalue weighted by Crippen LogP contribution is 2.31. The molecule has 158 valence electrons. The van der Waals surface area contributed by atoms with E-state index in [2.05, 4.69) is 10.5 Å². The van der Waals surface area contributed by atoms with E-state index in [1.807, 2.05) is 11.8 Å². The third-order valence-corrected chi connectivity index (χ3v) is 6.06. The Morgan fingerprint density at radius 1 is 1.03 bits per heavy atom. The van der Waals surface area contributed by atoms with Crippen molar-refractivity contribution in [2.24, 2.45) is 5.10 Å². The van der Waals surface area contributed by atoms with Crippen LogP contribution >= 0.6 is 11.6 Å². The summed E-state index contributed by atoms with van der Waals surface area (Å²) in [5, 5.41) is 4.96. The molecule has 2 heterocycles. The van der Waals surface area contributed by atoms with Crippen molar-refractivity contribution in [2.75, 3.05) is 13.1 Å². The second kappa shape index (κ2) is 9.04. The van der Waals surface area contributed by atoms with E-state index in [0.29, 0.717) is 16.3 Å². The summed E-state index contributed by atoms with van der Waals surface area (Å²) in [4.78, 5) is 27.4. The lowest BCUT2D eigenvalue weighted by atomic mass is 9.93. The number of hydrazone groups is 1. The van der Waals surface area contributed by atoms with E-state index in [-0.39, 0.29) is 11.8 Å². The zero-order valence-electron chi connectivity index (χ0n) is 17.2. The number of aryl methyl sites for hydroxylation is 1. The van der Waals surface area contributed by atoms with Crippen molar-refractivity contribution in [1.29, 1.82) is 0 Å². The van der Waals surface area contributed by atoms with Crippen molar-refractivity contribution in [3.8, 4) is 0 Å². The van der Waals surface area contributed by atoms with Crippen molar-refractivity contribution in [2.45, 2.75) is 51.9 Å². The van der Waals surface area contributed by atoms with E-state index in [0.717, 1.165) is 67.8 Å². The molecule has 1 aromatic carbocycles.